The summed E-state index contributed by atoms with van der Waals surface area (Å²) in [5, 5.41) is 3.28. The second kappa shape index (κ2) is 7.16. The van der Waals surface area contributed by atoms with Gasteiger partial charge in [0.1, 0.15) is 0 Å². The summed E-state index contributed by atoms with van der Waals surface area (Å²) in [4.78, 5) is 10.7. The molecule has 0 fully saturated rings. The first-order chi connectivity index (χ1) is 8.47. The Labute approximate surface area is 110 Å². The lowest BCUT2D eigenvalue weighted by Crippen LogP contribution is -2.24. The maximum Gasteiger partial charge on any atom is 0.226 e. The van der Waals surface area contributed by atoms with Gasteiger partial charge in [-0.15, -0.1) is 0 Å². The van der Waals surface area contributed by atoms with E-state index in [9.17, 15) is 0 Å². The molecule has 1 N–H and O–H groups in total. The Hall–Kier alpha value is -1.36. The number of ether oxygens (including phenoxy) is 1. The average molecular weight is 252 g/mol. The third-order valence-electron chi connectivity index (χ3n) is 2.37. The summed E-state index contributed by atoms with van der Waals surface area (Å²) in [6.07, 6.45) is 2.89. The Kier molecular flexibility index (Phi) is 5.85. The molecule has 0 saturated heterocycles. The molecule has 1 heterocycles. The van der Waals surface area contributed by atoms with Crippen LogP contribution in [0, 0.1) is 0 Å². The number of aromatic nitrogens is 2. The van der Waals surface area contributed by atoms with Gasteiger partial charge in [0.15, 0.2) is 0 Å². The largest absolute Gasteiger partial charge is 0.475 e. The van der Waals surface area contributed by atoms with Gasteiger partial charge in [-0.25, -0.2) is 4.98 Å². The Morgan fingerprint density at radius 2 is 2.06 bits per heavy atom. The van der Waals surface area contributed by atoms with Gasteiger partial charge in [0.2, 0.25) is 11.8 Å². The van der Waals surface area contributed by atoms with Gasteiger partial charge < -0.3 is 15.0 Å². The maximum absolute atomic E-state index is 5.54. The lowest BCUT2D eigenvalue weighted by molar-refractivity contribution is 0.232. The van der Waals surface area contributed by atoms with Gasteiger partial charge >= 0.3 is 0 Å². The topological polar surface area (TPSA) is 50.3 Å². The monoisotopic (exact) mass is 252 g/mol. The normalized spacial score (nSPS) is 12.8. The van der Waals surface area contributed by atoms with Crippen molar-refractivity contribution in [2.45, 2.75) is 39.3 Å². The molecule has 0 radical (unpaired) electrons. The summed E-state index contributed by atoms with van der Waals surface area (Å²) in [6.45, 7) is 7.13. The average Bonchev–Trinajstić information content (AvgIpc) is 2.26. The third kappa shape index (κ3) is 5.82. The van der Waals surface area contributed by atoms with E-state index in [1.807, 2.05) is 13.8 Å². The van der Waals surface area contributed by atoms with E-state index in [2.05, 4.69) is 41.2 Å². The van der Waals surface area contributed by atoms with E-state index in [1.54, 1.807) is 12.3 Å². The van der Waals surface area contributed by atoms with E-state index in [-0.39, 0.29) is 6.10 Å². The van der Waals surface area contributed by atoms with Gasteiger partial charge in [0.25, 0.3) is 0 Å². The molecule has 0 amide bonds. The van der Waals surface area contributed by atoms with E-state index in [0.29, 0.717) is 17.9 Å². The summed E-state index contributed by atoms with van der Waals surface area (Å²) in [5.74, 6) is 1.24. The molecule has 1 aromatic heterocycles. The van der Waals surface area contributed by atoms with Crippen molar-refractivity contribution < 1.29 is 4.74 Å². The Bertz CT molecular complexity index is 355. The third-order valence-corrected chi connectivity index (χ3v) is 2.37. The van der Waals surface area contributed by atoms with Crippen LogP contribution in [0.2, 0.25) is 0 Å². The van der Waals surface area contributed by atoms with Crippen LogP contribution >= 0.6 is 0 Å². The van der Waals surface area contributed by atoms with Gasteiger partial charge in [0.05, 0.1) is 6.10 Å². The number of hydrogen-bond acceptors (Lipinski definition) is 5. The van der Waals surface area contributed by atoms with Gasteiger partial charge in [0, 0.05) is 18.3 Å². The van der Waals surface area contributed by atoms with E-state index in [0.717, 1.165) is 13.0 Å². The van der Waals surface area contributed by atoms with Crippen molar-refractivity contribution >= 4 is 5.95 Å². The first kappa shape index (κ1) is 14.7. The van der Waals surface area contributed by atoms with Crippen LogP contribution in [0.3, 0.4) is 0 Å². The highest BCUT2D eigenvalue weighted by atomic mass is 16.5. The minimum atomic E-state index is 0.124. The summed E-state index contributed by atoms with van der Waals surface area (Å²) >= 11 is 0. The molecule has 0 aromatic carbocycles. The lowest BCUT2D eigenvalue weighted by Gasteiger charge is -2.17. The first-order valence-electron chi connectivity index (χ1n) is 6.38. The summed E-state index contributed by atoms with van der Waals surface area (Å²) < 4.78 is 5.54. The fourth-order valence-corrected chi connectivity index (χ4v) is 1.46. The van der Waals surface area contributed by atoms with Crippen LogP contribution in [-0.2, 0) is 0 Å². The van der Waals surface area contributed by atoms with Gasteiger partial charge in [-0.1, -0.05) is 0 Å². The minimum Gasteiger partial charge on any atom is -0.475 e. The second-order valence-electron chi connectivity index (χ2n) is 5.02. The predicted octanol–water partition coefficient (Wildman–Crippen LogP) is 2.02. The standard InChI is InChI=1S/C13H24N4O/c1-10(2)18-12-6-8-14-13(16-12)15-11(3)7-9-17(4)5/h6,8,10-11H,7,9H2,1-5H3,(H,14,15,16). The molecule has 0 aliphatic rings. The molecule has 1 rings (SSSR count). The fourth-order valence-electron chi connectivity index (χ4n) is 1.46. The predicted molar refractivity (Wildman–Crippen MR) is 74.1 cm³/mol. The van der Waals surface area contributed by atoms with Crippen molar-refractivity contribution in [3.63, 3.8) is 0 Å². The molecule has 5 heteroatoms. The van der Waals surface area contributed by atoms with E-state index in [4.69, 9.17) is 4.74 Å². The molecule has 0 bridgehead atoms. The van der Waals surface area contributed by atoms with Gasteiger partial charge in [-0.3, -0.25) is 0 Å². The highest BCUT2D eigenvalue weighted by molar-refractivity contribution is 5.28. The quantitative estimate of drug-likeness (QED) is 0.804. The number of nitrogens with zero attached hydrogens (tertiary/aromatic N) is 3. The van der Waals surface area contributed by atoms with Crippen molar-refractivity contribution in [2.75, 3.05) is 26.0 Å². The summed E-state index contributed by atoms with van der Waals surface area (Å²) in [7, 11) is 4.14. The van der Waals surface area contributed by atoms with Crippen LogP contribution in [-0.4, -0.2) is 47.7 Å². The molecule has 18 heavy (non-hydrogen) atoms. The van der Waals surface area contributed by atoms with Crippen LogP contribution in [0.4, 0.5) is 5.95 Å². The zero-order chi connectivity index (χ0) is 13.5. The Balaban J connectivity index is 2.50. The molecule has 0 aliphatic carbocycles. The van der Waals surface area contributed by atoms with E-state index < -0.39 is 0 Å². The molecule has 0 aliphatic heterocycles. The molecular weight excluding hydrogens is 228 g/mol. The van der Waals surface area contributed by atoms with Crippen molar-refractivity contribution in [3.05, 3.63) is 12.3 Å². The molecular formula is C13H24N4O. The molecule has 1 unspecified atom stereocenters. The Morgan fingerprint density at radius 3 is 2.67 bits per heavy atom. The number of nitrogens with one attached hydrogen (secondary N) is 1. The molecule has 5 nitrogen and oxygen atoms in total. The smallest absolute Gasteiger partial charge is 0.226 e. The number of anilines is 1. The molecule has 1 aromatic rings. The zero-order valence-electron chi connectivity index (χ0n) is 12.0. The number of hydrogen-bond donors (Lipinski definition) is 1. The molecule has 102 valence electrons. The van der Waals surface area contributed by atoms with Crippen LogP contribution in [0.25, 0.3) is 0 Å². The fraction of sp³-hybridized carbons (Fsp3) is 0.692. The van der Waals surface area contributed by atoms with Crippen LogP contribution in [0.5, 0.6) is 5.88 Å². The van der Waals surface area contributed by atoms with Crippen LogP contribution in [0.15, 0.2) is 12.3 Å². The number of rotatable bonds is 7. The second-order valence-corrected chi connectivity index (χ2v) is 5.02. The summed E-state index contributed by atoms with van der Waals surface area (Å²) in [6, 6.07) is 2.11. The molecule has 0 spiro atoms. The molecule has 1 atom stereocenters. The van der Waals surface area contributed by atoms with Crippen LogP contribution in [0.1, 0.15) is 27.2 Å². The SMILES string of the molecule is CC(CCN(C)C)Nc1nccc(OC(C)C)n1. The van der Waals surface area contributed by atoms with Crippen LogP contribution < -0.4 is 10.1 Å². The van der Waals surface area contributed by atoms with E-state index >= 15 is 0 Å². The highest BCUT2D eigenvalue weighted by Crippen LogP contribution is 2.11. The lowest BCUT2D eigenvalue weighted by atomic mass is 10.2. The zero-order valence-corrected chi connectivity index (χ0v) is 12.0. The van der Waals surface area contributed by atoms with Gasteiger partial charge in [-0.05, 0) is 47.8 Å². The van der Waals surface area contributed by atoms with Crippen molar-refractivity contribution in [2.24, 2.45) is 0 Å². The van der Waals surface area contributed by atoms with Crippen molar-refractivity contribution in [1.82, 2.24) is 14.9 Å². The molecule has 0 saturated carbocycles. The van der Waals surface area contributed by atoms with Gasteiger partial charge in [-0.2, -0.15) is 4.98 Å². The summed E-state index contributed by atoms with van der Waals surface area (Å²) in [5.41, 5.74) is 0. The highest BCUT2D eigenvalue weighted by Gasteiger charge is 2.06. The minimum absolute atomic E-state index is 0.124. The first-order valence-corrected chi connectivity index (χ1v) is 6.38. The van der Waals surface area contributed by atoms with Crippen molar-refractivity contribution in [1.29, 1.82) is 0 Å². The van der Waals surface area contributed by atoms with E-state index in [1.165, 1.54) is 0 Å². The Morgan fingerprint density at radius 1 is 1.33 bits per heavy atom. The van der Waals surface area contributed by atoms with Crippen molar-refractivity contribution in [3.8, 4) is 5.88 Å². The maximum atomic E-state index is 5.54.